The molecule has 1 aromatic rings. The number of rotatable bonds is 1. The number of H-pyrrole nitrogens is 1. The molecule has 1 unspecified atom stereocenters. The molecule has 2 heterocycles. The Morgan fingerprint density at radius 2 is 2.54 bits per heavy atom. The minimum atomic E-state index is -0.0811. The van der Waals surface area contributed by atoms with Gasteiger partial charge in [-0.1, -0.05) is 0 Å². The molecule has 0 aromatic carbocycles. The molecule has 2 N–H and O–H groups in total. The maximum atomic E-state index is 11.0. The van der Waals surface area contributed by atoms with Crippen molar-refractivity contribution in [2.24, 2.45) is 0 Å². The Kier molecular flexibility index (Phi) is 2.65. The van der Waals surface area contributed by atoms with E-state index in [9.17, 15) is 4.79 Å². The van der Waals surface area contributed by atoms with E-state index in [4.69, 9.17) is 0 Å². The van der Waals surface area contributed by atoms with E-state index in [0.717, 1.165) is 23.7 Å². The SMILES string of the molecule is O=c1cc(C2CSCCN2)nc[nH]1. The number of aromatic nitrogens is 2. The quantitative estimate of drug-likeness (QED) is 0.672. The first kappa shape index (κ1) is 8.77. The van der Waals surface area contributed by atoms with Crippen molar-refractivity contribution in [3.8, 4) is 0 Å². The van der Waals surface area contributed by atoms with Crippen molar-refractivity contribution in [2.75, 3.05) is 18.1 Å². The van der Waals surface area contributed by atoms with E-state index >= 15 is 0 Å². The van der Waals surface area contributed by atoms with E-state index in [1.807, 2.05) is 11.8 Å². The van der Waals surface area contributed by atoms with E-state index in [1.54, 1.807) is 6.07 Å². The highest BCUT2D eigenvalue weighted by Gasteiger charge is 2.15. The smallest absolute Gasteiger partial charge is 0.250 e. The summed E-state index contributed by atoms with van der Waals surface area (Å²) in [5, 5.41) is 3.33. The van der Waals surface area contributed by atoms with Crippen LogP contribution in [-0.4, -0.2) is 28.0 Å². The molecule has 0 bridgehead atoms. The Hall–Kier alpha value is -0.810. The fourth-order valence-corrected chi connectivity index (χ4v) is 2.28. The number of aromatic amines is 1. The normalized spacial score (nSPS) is 22.9. The zero-order chi connectivity index (χ0) is 9.10. The fraction of sp³-hybridized carbons (Fsp3) is 0.500. The molecule has 0 spiro atoms. The number of hydrogen-bond donors (Lipinski definition) is 2. The van der Waals surface area contributed by atoms with Gasteiger partial charge in [0.1, 0.15) is 0 Å². The van der Waals surface area contributed by atoms with Crippen LogP contribution < -0.4 is 10.9 Å². The van der Waals surface area contributed by atoms with Gasteiger partial charge in [-0.05, 0) is 0 Å². The van der Waals surface area contributed by atoms with Gasteiger partial charge in [0.25, 0.3) is 5.56 Å². The summed E-state index contributed by atoms with van der Waals surface area (Å²) in [6, 6.07) is 1.80. The van der Waals surface area contributed by atoms with Crippen molar-refractivity contribution in [3.05, 3.63) is 28.4 Å². The minimum Gasteiger partial charge on any atom is -0.313 e. The molecule has 0 saturated carbocycles. The average Bonchev–Trinajstić information content (AvgIpc) is 2.19. The summed E-state index contributed by atoms with van der Waals surface area (Å²) in [7, 11) is 0. The number of nitrogens with zero attached hydrogens (tertiary/aromatic N) is 1. The number of hydrogen-bond acceptors (Lipinski definition) is 4. The van der Waals surface area contributed by atoms with Crippen LogP contribution in [0.25, 0.3) is 0 Å². The average molecular weight is 197 g/mol. The second kappa shape index (κ2) is 3.93. The van der Waals surface area contributed by atoms with Crippen molar-refractivity contribution in [2.45, 2.75) is 6.04 Å². The Morgan fingerprint density at radius 3 is 3.23 bits per heavy atom. The van der Waals surface area contributed by atoms with Crippen molar-refractivity contribution >= 4 is 11.8 Å². The fourth-order valence-electron chi connectivity index (χ4n) is 1.33. The second-order valence-corrected chi connectivity index (χ2v) is 4.07. The van der Waals surface area contributed by atoms with Gasteiger partial charge in [-0.15, -0.1) is 0 Å². The molecule has 2 rings (SSSR count). The Balaban J connectivity index is 2.19. The lowest BCUT2D eigenvalue weighted by molar-refractivity contribution is 0.578. The molecular formula is C8H11N3OS. The third kappa shape index (κ3) is 2.10. The Bertz CT molecular complexity index is 332. The van der Waals surface area contributed by atoms with Crippen LogP contribution in [0.5, 0.6) is 0 Å². The number of thioether (sulfide) groups is 1. The lowest BCUT2D eigenvalue weighted by Gasteiger charge is -2.21. The van der Waals surface area contributed by atoms with Crippen LogP contribution in [0.15, 0.2) is 17.2 Å². The maximum absolute atomic E-state index is 11.0. The molecule has 13 heavy (non-hydrogen) atoms. The molecule has 1 saturated heterocycles. The highest BCUT2D eigenvalue weighted by molar-refractivity contribution is 7.99. The molecule has 0 amide bonds. The summed E-state index contributed by atoms with van der Waals surface area (Å²) < 4.78 is 0. The molecule has 0 radical (unpaired) electrons. The molecule has 1 aliphatic heterocycles. The first-order chi connectivity index (χ1) is 6.36. The third-order valence-corrected chi connectivity index (χ3v) is 3.04. The van der Waals surface area contributed by atoms with Crippen molar-refractivity contribution in [3.63, 3.8) is 0 Å². The minimum absolute atomic E-state index is 0.0811. The molecule has 1 fully saturated rings. The summed E-state index contributed by atoms with van der Waals surface area (Å²) in [5.74, 6) is 2.14. The van der Waals surface area contributed by atoms with Crippen LogP contribution in [0.4, 0.5) is 0 Å². The van der Waals surface area contributed by atoms with Gasteiger partial charge >= 0.3 is 0 Å². The summed E-state index contributed by atoms with van der Waals surface area (Å²) in [4.78, 5) is 17.6. The number of nitrogens with one attached hydrogen (secondary N) is 2. The molecular weight excluding hydrogens is 186 g/mol. The predicted octanol–water partition coefficient (Wildman–Crippen LogP) is 0.147. The zero-order valence-electron chi connectivity index (χ0n) is 7.12. The van der Waals surface area contributed by atoms with Crippen LogP contribution in [0.2, 0.25) is 0 Å². The van der Waals surface area contributed by atoms with Gasteiger partial charge in [-0.25, -0.2) is 4.98 Å². The summed E-state index contributed by atoms with van der Waals surface area (Å²) in [5.41, 5.74) is 0.762. The van der Waals surface area contributed by atoms with Crippen LogP contribution >= 0.6 is 11.8 Å². The lowest BCUT2D eigenvalue weighted by Crippen LogP contribution is -2.31. The Labute approximate surface area is 80.2 Å². The molecule has 1 aromatic heterocycles. The van der Waals surface area contributed by atoms with Crippen molar-refractivity contribution in [1.29, 1.82) is 0 Å². The van der Waals surface area contributed by atoms with Crippen LogP contribution in [0.3, 0.4) is 0 Å². The van der Waals surface area contributed by atoms with Gasteiger partial charge < -0.3 is 10.3 Å². The highest BCUT2D eigenvalue weighted by Crippen LogP contribution is 2.18. The van der Waals surface area contributed by atoms with Crippen LogP contribution in [-0.2, 0) is 0 Å². The third-order valence-electron chi connectivity index (χ3n) is 1.98. The monoisotopic (exact) mass is 197 g/mol. The summed E-state index contributed by atoms with van der Waals surface area (Å²) in [6.45, 7) is 0.990. The predicted molar refractivity (Wildman–Crippen MR) is 52.9 cm³/mol. The standard InChI is InChI=1S/C8H11N3OS/c12-8-3-6(10-5-11-8)7-4-13-2-1-9-7/h3,5,7,9H,1-2,4H2,(H,10,11,12). The zero-order valence-corrected chi connectivity index (χ0v) is 7.93. The van der Waals surface area contributed by atoms with Crippen molar-refractivity contribution < 1.29 is 0 Å². The second-order valence-electron chi connectivity index (χ2n) is 2.92. The Morgan fingerprint density at radius 1 is 1.62 bits per heavy atom. The molecule has 5 heteroatoms. The van der Waals surface area contributed by atoms with E-state index in [-0.39, 0.29) is 11.6 Å². The lowest BCUT2D eigenvalue weighted by atomic mass is 10.2. The van der Waals surface area contributed by atoms with Crippen LogP contribution in [0, 0.1) is 0 Å². The van der Waals surface area contributed by atoms with E-state index in [0.29, 0.717) is 0 Å². The van der Waals surface area contributed by atoms with Crippen molar-refractivity contribution in [1.82, 2.24) is 15.3 Å². The molecule has 1 atom stereocenters. The van der Waals surface area contributed by atoms with Gasteiger partial charge in [0.05, 0.1) is 18.1 Å². The maximum Gasteiger partial charge on any atom is 0.250 e. The van der Waals surface area contributed by atoms with Gasteiger partial charge in [0, 0.05) is 24.1 Å². The van der Waals surface area contributed by atoms with Gasteiger partial charge in [0.2, 0.25) is 0 Å². The van der Waals surface area contributed by atoms with E-state index in [2.05, 4.69) is 15.3 Å². The largest absolute Gasteiger partial charge is 0.313 e. The topological polar surface area (TPSA) is 57.8 Å². The summed E-state index contributed by atoms with van der Waals surface area (Å²) in [6.07, 6.45) is 1.46. The van der Waals surface area contributed by atoms with Gasteiger partial charge in [-0.3, -0.25) is 4.79 Å². The molecule has 0 aliphatic carbocycles. The molecule has 4 nitrogen and oxygen atoms in total. The van der Waals surface area contributed by atoms with E-state index < -0.39 is 0 Å². The van der Waals surface area contributed by atoms with Crippen LogP contribution in [0.1, 0.15) is 11.7 Å². The first-order valence-corrected chi connectivity index (χ1v) is 5.37. The van der Waals surface area contributed by atoms with E-state index in [1.165, 1.54) is 6.33 Å². The van der Waals surface area contributed by atoms with Gasteiger partial charge in [-0.2, -0.15) is 11.8 Å². The first-order valence-electron chi connectivity index (χ1n) is 4.22. The molecule has 70 valence electrons. The van der Waals surface area contributed by atoms with Gasteiger partial charge in [0.15, 0.2) is 0 Å². The highest BCUT2D eigenvalue weighted by atomic mass is 32.2. The summed E-state index contributed by atoms with van der Waals surface area (Å²) >= 11 is 1.89. The molecule has 1 aliphatic rings.